The number of hydrogen-bond acceptors (Lipinski definition) is 5. The quantitative estimate of drug-likeness (QED) is 0.527. The zero-order valence-electron chi connectivity index (χ0n) is 21.3. The van der Waals surface area contributed by atoms with Crippen LogP contribution in [0.3, 0.4) is 0 Å². The maximum Gasteiger partial charge on any atom is 0.508 e. The molecule has 2 rings (SSSR count). The van der Waals surface area contributed by atoms with Gasteiger partial charge in [0.1, 0.15) is 12.2 Å². The van der Waals surface area contributed by atoms with Gasteiger partial charge < -0.3 is 20.1 Å². The molecular weight excluding hydrogens is 376 g/mol. The Morgan fingerprint density at radius 1 is 0.733 bits per heavy atom. The van der Waals surface area contributed by atoms with Gasteiger partial charge in [0.15, 0.2) is 0 Å². The third-order valence-corrected chi connectivity index (χ3v) is 9.13. The monoisotopic (exact) mass is 424 g/mol. The number of ether oxygens (including phenoxy) is 2. The predicted octanol–water partition coefficient (Wildman–Crippen LogP) is 5.81. The van der Waals surface area contributed by atoms with Crippen molar-refractivity contribution in [1.29, 1.82) is 0 Å². The zero-order chi connectivity index (χ0) is 23.0. The van der Waals surface area contributed by atoms with Crippen molar-refractivity contribution in [2.24, 2.45) is 11.8 Å². The number of carbonyl (C=O) groups is 1. The Morgan fingerprint density at radius 3 is 1.33 bits per heavy atom. The summed E-state index contributed by atoms with van der Waals surface area (Å²) >= 11 is 0. The predicted molar refractivity (Wildman–Crippen MR) is 124 cm³/mol. The average Bonchev–Trinajstić information content (AvgIpc) is 2.69. The molecule has 0 radical (unpaired) electrons. The first-order chi connectivity index (χ1) is 13.8. The molecule has 5 heteroatoms. The second kappa shape index (κ2) is 8.97. The minimum atomic E-state index is -0.499. The number of carbonyl (C=O) groups excluding carboxylic acids is 1. The molecule has 5 nitrogen and oxygen atoms in total. The summed E-state index contributed by atoms with van der Waals surface area (Å²) in [7, 11) is 0. The van der Waals surface area contributed by atoms with Crippen LogP contribution < -0.4 is 10.6 Å². The van der Waals surface area contributed by atoms with Gasteiger partial charge in [0.25, 0.3) is 0 Å². The van der Waals surface area contributed by atoms with Crippen molar-refractivity contribution in [3.05, 3.63) is 0 Å². The van der Waals surface area contributed by atoms with E-state index in [1.165, 1.54) is 0 Å². The average molecular weight is 425 g/mol. The van der Waals surface area contributed by atoms with Crippen molar-refractivity contribution in [1.82, 2.24) is 10.6 Å². The van der Waals surface area contributed by atoms with Crippen molar-refractivity contribution in [2.45, 2.75) is 142 Å². The van der Waals surface area contributed by atoms with E-state index < -0.39 is 6.16 Å². The number of piperidine rings is 2. The van der Waals surface area contributed by atoms with E-state index in [1.807, 2.05) is 0 Å². The summed E-state index contributed by atoms with van der Waals surface area (Å²) in [6, 6.07) is 0. The molecule has 176 valence electrons. The molecule has 0 aliphatic carbocycles. The van der Waals surface area contributed by atoms with Gasteiger partial charge in [-0.25, -0.2) is 4.79 Å². The van der Waals surface area contributed by atoms with Crippen LogP contribution in [0.4, 0.5) is 4.79 Å². The number of hydrogen-bond donors (Lipinski definition) is 2. The minimum absolute atomic E-state index is 0.0359. The molecule has 8 atom stereocenters. The fraction of sp³-hybridized carbons (Fsp3) is 0.960. The van der Waals surface area contributed by atoms with Crippen LogP contribution in [0.15, 0.2) is 0 Å². The Bertz CT molecular complexity index is 563. The molecule has 0 spiro atoms. The summed E-state index contributed by atoms with van der Waals surface area (Å²) in [5.41, 5.74) is -0.188. The van der Waals surface area contributed by atoms with E-state index in [0.717, 1.165) is 38.5 Å². The second-order valence-corrected chi connectivity index (χ2v) is 11.2. The van der Waals surface area contributed by atoms with Crippen LogP contribution in [-0.2, 0) is 9.47 Å². The maximum atomic E-state index is 13.0. The van der Waals surface area contributed by atoms with Gasteiger partial charge in [0.05, 0.1) is 0 Å². The van der Waals surface area contributed by atoms with Gasteiger partial charge in [0.2, 0.25) is 0 Å². The van der Waals surface area contributed by atoms with Gasteiger partial charge in [0, 0.05) is 46.8 Å². The first-order valence-electron chi connectivity index (χ1n) is 12.2. The molecule has 0 aromatic rings. The van der Waals surface area contributed by atoms with Gasteiger partial charge in [-0.1, -0.05) is 41.5 Å². The van der Waals surface area contributed by atoms with Crippen LogP contribution in [0, 0.1) is 11.8 Å². The molecule has 2 N–H and O–H groups in total. The summed E-state index contributed by atoms with van der Waals surface area (Å²) in [6.45, 7) is 22.2. The maximum absolute atomic E-state index is 13.0. The van der Waals surface area contributed by atoms with Crippen molar-refractivity contribution < 1.29 is 14.3 Å². The third kappa shape index (κ3) is 4.98. The lowest BCUT2D eigenvalue weighted by Gasteiger charge is -2.53. The van der Waals surface area contributed by atoms with Crippen molar-refractivity contribution in [2.75, 3.05) is 0 Å². The Hall–Kier alpha value is -0.810. The second-order valence-electron chi connectivity index (χ2n) is 11.2. The van der Waals surface area contributed by atoms with Crippen LogP contribution in [-0.4, -0.2) is 40.5 Å². The van der Waals surface area contributed by atoms with E-state index in [-0.39, 0.29) is 46.2 Å². The highest BCUT2D eigenvalue weighted by Crippen LogP contribution is 2.41. The fourth-order valence-corrected chi connectivity index (χ4v) is 5.62. The lowest BCUT2D eigenvalue weighted by molar-refractivity contribution is -0.0953. The lowest BCUT2D eigenvalue weighted by Crippen LogP contribution is -2.67. The van der Waals surface area contributed by atoms with Gasteiger partial charge in [-0.15, -0.1) is 0 Å². The fourth-order valence-electron chi connectivity index (χ4n) is 5.62. The van der Waals surface area contributed by atoms with Gasteiger partial charge >= 0.3 is 6.16 Å². The molecule has 0 aromatic carbocycles. The van der Waals surface area contributed by atoms with Crippen LogP contribution >= 0.6 is 0 Å². The molecule has 0 amide bonds. The summed E-state index contributed by atoms with van der Waals surface area (Å²) in [5, 5.41) is 7.69. The molecule has 2 fully saturated rings. The topological polar surface area (TPSA) is 59.6 Å². The standard InChI is InChI=1S/C25H48N2O3/c1-11-22(7)15-19(17(5)24(9,13-3)26-22)29-21(28)30-20-16-23(8,12-2)27-25(10,14-4)18(20)6/h17-20,26-27H,11-16H2,1-10H3. The normalized spacial score (nSPS) is 47.0. The largest absolute Gasteiger partial charge is 0.508 e. The molecule has 2 heterocycles. The summed E-state index contributed by atoms with van der Waals surface area (Å²) in [5.74, 6) is 0.448. The van der Waals surface area contributed by atoms with Crippen LogP contribution in [0.5, 0.6) is 0 Å². The van der Waals surface area contributed by atoms with E-state index in [9.17, 15) is 4.79 Å². The van der Waals surface area contributed by atoms with Crippen molar-refractivity contribution in [3.63, 3.8) is 0 Å². The highest BCUT2D eigenvalue weighted by molar-refractivity contribution is 5.60. The zero-order valence-corrected chi connectivity index (χ0v) is 21.3. The van der Waals surface area contributed by atoms with Crippen LogP contribution in [0.1, 0.15) is 108 Å². The molecule has 2 saturated heterocycles. The Morgan fingerprint density at radius 2 is 1.07 bits per heavy atom. The van der Waals surface area contributed by atoms with Gasteiger partial charge in [-0.2, -0.15) is 0 Å². The molecule has 2 aliphatic rings. The smallest absolute Gasteiger partial charge is 0.431 e. The van der Waals surface area contributed by atoms with Crippen molar-refractivity contribution in [3.8, 4) is 0 Å². The highest BCUT2D eigenvalue weighted by Gasteiger charge is 2.50. The molecule has 2 aliphatic heterocycles. The molecular formula is C25H48N2O3. The first-order valence-corrected chi connectivity index (χ1v) is 12.2. The van der Waals surface area contributed by atoms with Crippen LogP contribution in [0.2, 0.25) is 0 Å². The van der Waals surface area contributed by atoms with Gasteiger partial charge in [-0.05, 0) is 53.4 Å². The van der Waals surface area contributed by atoms with E-state index >= 15 is 0 Å². The van der Waals surface area contributed by atoms with E-state index in [1.54, 1.807) is 0 Å². The molecule has 30 heavy (non-hydrogen) atoms. The first kappa shape index (κ1) is 25.5. The lowest BCUT2D eigenvalue weighted by atomic mass is 9.70. The third-order valence-electron chi connectivity index (χ3n) is 9.13. The van der Waals surface area contributed by atoms with Crippen molar-refractivity contribution >= 4 is 6.16 Å². The Balaban J connectivity index is 2.15. The SMILES string of the molecule is CCC1(C)CC(OC(=O)OC2CC(C)(CC)NC(C)(CC)C2C)C(C)C(C)(CC)N1. The molecule has 0 aromatic heterocycles. The van der Waals surface area contributed by atoms with E-state index in [0.29, 0.717) is 0 Å². The summed E-state index contributed by atoms with van der Waals surface area (Å²) < 4.78 is 12.1. The molecule has 8 unspecified atom stereocenters. The van der Waals surface area contributed by atoms with Crippen LogP contribution in [0.25, 0.3) is 0 Å². The Labute approximate surface area is 185 Å². The number of nitrogens with one attached hydrogen (secondary N) is 2. The number of rotatable bonds is 6. The molecule has 0 saturated carbocycles. The van der Waals surface area contributed by atoms with Gasteiger partial charge in [-0.3, -0.25) is 0 Å². The highest BCUT2D eigenvalue weighted by atomic mass is 16.7. The summed E-state index contributed by atoms with van der Waals surface area (Å²) in [4.78, 5) is 13.0. The molecule has 0 bridgehead atoms. The van der Waals surface area contributed by atoms with E-state index in [2.05, 4.69) is 79.9 Å². The summed E-state index contributed by atoms with van der Waals surface area (Å²) in [6.07, 6.45) is 4.84. The van der Waals surface area contributed by atoms with E-state index in [4.69, 9.17) is 9.47 Å². The Kier molecular flexibility index (Phi) is 7.61. The minimum Gasteiger partial charge on any atom is -0.431 e.